The Morgan fingerprint density at radius 2 is 2.11 bits per heavy atom. The van der Waals surface area contributed by atoms with Gasteiger partial charge in [-0.15, -0.1) is 0 Å². The summed E-state index contributed by atoms with van der Waals surface area (Å²) < 4.78 is 5.40. The highest BCUT2D eigenvalue weighted by Gasteiger charge is 2.02. The molecule has 4 heteroatoms. The lowest BCUT2D eigenvalue weighted by molar-refractivity contribution is 0.340. The molecule has 0 saturated carbocycles. The fraction of sp³-hybridized carbons (Fsp3) is 0.267. The van der Waals surface area contributed by atoms with E-state index >= 15 is 0 Å². The molecule has 0 fully saturated rings. The molecular formula is C15H17ClN2O. The third-order valence-electron chi connectivity index (χ3n) is 2.68. The van der Waals surface area contributed by atoms with Gasteiger partial charge in [0.05, 0.1) is 23.9 Å². The predicted molar refractivity (Wildman–Crippen MR) is 78.9 cm³/mol. The lowest BCUT2D eigenvalue weighted by atomic mass is 10.2. The highest BCUT2D eigenvalue weighted by atomic mass is 35.5. The van der Waals surface area contributed by atoms with Crippen LogP contribution in [0.4, 0.5) is 5.69 Å². The van der Waals surface area contributed by atoms with E-state index < -0.39 is 0 Å². The maximum absolute atomic E-state index is 6.13. The lowest BCUT2D eigenvalue weighted by Crippen LogP contribution is -2.02. The van der Waals surface area contributed by atoms with Crippen LogP contribution in [0.2, 0.25) is 5.02 Å². The molecular weight excluding hydrogens is 260 g/mol. The summed E-state index contributed by atoms with van der Waals surface area (Å²) in [6.45, 7) is 5.24. The third kappa shape index (κ3) is 3.86. The van der Waals surface area contributed by atoms with Crippen LogP contribution >= 0.6 is 11.6 Å². The quantitative estimate of drug-likeness (QED) is 0.894. The SMILES string of the molecule is CCOc1ccc(NCc2ccc(C)cn2)cc1Cl. The largest absolute Gasteiger partial charge is 0.492 e. The maximum atomic E-state index is 6.13. The molecule has 0 atom stereocenters. The average Bonchev–Trinajstić information content (AvgIpc) is 2.41. The van der Waals surface area contributed by atoms with Crippen molar-refractivity contribution in [2.75, 3.05) is 11.9 Å². The van der Waals surface area contributed by atoms with Gasteiger partial charge in [-0.05, 0) is 43.7 Å². The van der Waals surface area contributed by atoms with E-state index in [9.17, 15) is 0 Å². The molecule has 100 valence electrons. The molecule has 1 aromatic heterocycles. The molecule has 0 amide bonds. The minimum absolute atomic E-state index is 0.611. The number of hydrogen-bond donors (Lipinski definition) is 1. The number of ether oxygens (including phenoxy) is 1. The third-order valence-corrected chi connectivity index (χ3v) is 2.97. The van der Waals surface area contributed by atoms with Crippen molar-refractivity contribution in [1.29, 1.82) is 0 Å². The second-order valence-corrected chi connectivity index (χ2v) is 4.67. The second kappa shape index (κ2) is 6.43. The van der Waals surface area contributed by atoms with Crippen molar-refractivity contribution in [3.63, 3.8) is 0 Å². The van der Waals surface area contributed by atoms with Crippen molar-refractivity contribution < 1.29 is 4.74 Å². The van der Waals surface area contributed by atoms with Crippen molar-refractivity contribution in [3.8, 4) is 5.75 Å². The number of pyridine rings is 1. The molecule has 0 aliphatic heterocycles. The number of nitrogens with one attached hydrogen (secondary N) is 1. The Balaban J connectivity index is 1.99. The van der Waals surface area contributed by atoms with E-state index in [1.165, 1.54) is 0 Å². The van der Waals surface area contributed by atoms with Gasteiger partial charge in [-0.3, -0.25) is 4.98 Å². The normalized spacial score (nSPS) is 10.3. The molecule has 3 nitrogen and oxygen atoms in total. The van der Waals surface area contributed by atoms with Gasteiger partial charge in [-0.1, -0.05) is 17.7 Å². The molecule has 0 bridgehead atoms. The Labute approximate surface area is 118 Å². The number of anilines is 1. The van der Waals surface area contributed by atoms with Crippen LogP contribution in [0.1, 0.15) is 18.2 Å². The summed E-state index contributed by atoms with van der Waals surface area (Å²) in [5.74, 6) is 0.711. The Morgan fingerprint density at radius 1 is 1.26 bits per heavy atom. The van der Waals surface area contributed by atoms with Crippen molar-refractivity contribution in [2.24, 2.45) is 0 Å². The Bertz CT molecular complexity index is 540. The first-order chi connectivity index (χ1) is 9.19. The summed E-state index contributed by atoms with van der Waals surface area (Å²) in [6.07, 6.45) is 1.86. The van der Waals surface area contributed by atoms with Gasteiger partial charge in [0.2, 0.25) is 0 Å². The molecule has 0 radical (unpaired) electrons. The van der Waals surface area contributed by atoms with Gasteiger partial charge >= 0.3 is 0 Å². The molecule has 1 N–H and O–H groups in total. The van der Waals surface area contributed by atoms with Crippen LogP contribution < -0.4 is 10.1 Å². The minimum Gasteiger partial charge on any atom is -0.492 e. The van der Waals surface area contributed by atoms with E-state index in [1.807, 2.05) is 44.3 Å². The highest BCUT2D eigenvalue weighted by molar-refractivity contribution is 6.32. The van der Waals surface area contributed by atoms with Gasteiger partial charge in [0.25, 0.3) is 0 Å². The van der Waals surface area contributed by atoms with Crippen molar-refractivity contribution >= 4 is 17.3 Å². The average molecular weight is 277 g/mol. The zero-order valence-electron chi connectivity index (χ0n) is 11.1. The number of aryl methyl sites for hydroxylation is 1. The minimum atomic E-state index is 0.611. The lowest BCUT2D eigenvalue weighted by Gasteiger charge is -2.09. The first kappa shape index (κ1) is 13.7. The van der Waals surface area contributed by atoms with E-state index in [1.54, 1.807) is 0 Å². The summed E-state index contributed by atoms with van der Waals surface area (Å²) in [5, 5.41) is 3.90. The van der Waals surface area contributed by atoms with Crippen molar-refractivity contribution in [1.82, 2.24) is 4.98 Å². The van der Waals surface area contributed by atoms with Gasteiger partial charge in [-0.2, -0.15) is 0 Å². The highest BCUT2D eigenvalue weighted by Crippen LogP contribution is 2.27. The summed E-state index contributed by atoms with van der Waals surface area (Å²) in [7, 11) is 0. The van der Waals surface area contributed by atoms with E-state index in [0.29, 0.717) is 23.9 Å². The Hall–Kier alpha value is -1.74. The molecule has 0 spiro atoms. The van der Waals surface area contributed by atoms with E-state index in [-0.39, 0.29) is 0 Å². The zero-order valence-corrected chi connectivity index (χ0v) is 11.9. The zero-order chi connectivity index (χ0) is 13.7. The van der Waals surface area contributed by atoms with Crippen LogP contribution in [0.5, 0.6) is 5.75 Å². The number of halogens is 1. The molecule has 2 aromatic rings. The van der Waals surface area contributed by atoms with Gasteiger partial charge in [0.1, 0.15) is 5.75 Å². The summed E-state index contributed by atoms with van der Waals surface area (Å²) in [5.41, 5.74) is 3.11. The standard InChI is InChI=1S/C15H17ClN2O/c1-3-19-15-7-6-12(8-14(15)16)18-10-13-5-4-11(2)9-17-13/h4-9,18H,3,10H2,1-2H3. The fourth-order valence-electron chi connectivity index (χ4n) is 1.68. The van der Waals surface area contributed by atoms with Crippen LogP contribution in [0.3, 0.4) is 0 Å². The van der Waals surface area contributed by atoms with Crippen molar-refractivity contribution in [2.45, 2.75) is 20.4 Å². The summed E-state index contributed by atoms with van der Waals surface area (Å²) in [6, 6.07) is 9.75. The van der Waals surface area contributed by atoms with Gasteiger partial charge in [-0.25, -0.2) is 0 Å². The number of rotatable bonds is 5. The molecule has 1 aromatic carbocycles. The molecule has 2 rings (SSSR count). The number of nitrogens with zero attached hydrogens (tertiary/aromatic N) is 1. The Kier molecular flexibility index (Phi) is 4.63. The smallest absolute Gasteiger partial charge is 0.138 e. The van der Waals surface area contributed by atoms with Crippen molar-refractivity contribution in [3.05, 3.63) is 52.8 Å². The van der Waals surface area contributed by atoms with E-state index in [4.69, 9.17) is 16.3 Å². The van der Waals surface area contributed by atoms with E-state index in [2.05, 4.69) is 16.4 Å². The predicted octanol–water partition coefficient (Wildman–Crippen LogP) is 4.05. The first-order valence-corrected chi connectivity index (χ1v) is 6.64. The van der Waals surface area contributed by atoms with Crippen LogP contribution in [-0.2, 0) is 6.54 Å². The van der Waals surface area contributed by atoms with Crippen LogP contribution in [-0.4, -0.2) is 11.6 Å². The topological polar surface area (TPSA) is 34.1 Å². The summed E-state index contributed by atoms with van der Waals surface area (Å²) in [4.78, 5) is 4.34. The van der Waals surface area contributed by atoms with Gasteiger partial charge in [0, 0.05) is 11.9 Å². The number of aromatic nitrogens is 1. The second-order valence-electron chi connectivity index (χ2n) is 4.26. The number of hydrogen-bond acceptors (Lipinski definition) is 3. The molecule has 1 heterocycles. The van der Waals surface area contributed by atoms with Gasteiger partial charge < -0.3 is 10.1 Å². The van der Waals surface area contributed by atoms with E-state index in [0.717, 1.165) is 16.9 Å². The number of benzene rings is 1. The maximum Gasteiger partial charge on any atom is 0.138 e. The molecule has 0 aliphatic carbocycles. The van der Waals surface area contributed by atoms with Crippen LogP contribution in [0, 0.1) is 6.92 Å². The summed E-state index contributed by atoms with van der Waals surface area (Å²) >= 11 is 6.13. The van der Waals surface area contributed by atoms with Crippen LogP contribution in [0.25, 0.3) is 0 Å². The molecule has 19 heavy (non-hydrogen) atoms. The monoisotopic (exact) mass is 276 g/mol. The molecule has 0 unspecified atom stereocenters. The fourth-order valence-corrected chi connectivity index (χ4v) is 1.91. The molecule has 0 aliphatic rings. The first-order valence-electron chi connectivity index (χ1n) is 6.27. The Morgan fingerprint density at radius 3 is 2.74 bits per heavy atom. The molecule has 0 saturated heterocycles. The van der Waals surface area contributed by atoms with Gasteiger partial charge in [0.15, 0.2) is 0 Å². The van der Waals surface area contributed by atoms with Crippen LogP contribution in [0.15, 0.2) is 36.5 Å².